The SMILES string of the molecule is Cc1cc(C)c(Nc2ncnc3scc(-c4ccc5c(c4)CCCC5)c23)c(C)c1. The van der Waals surface area contributed by atoms with Gasteiger partial charge in [0.1, 0.15) is 17.0 Å². The second-order valence-corrected chi connectivity index (χ2v) is 9.00. The van der Waals surface area contributed by atoms with Gasteiger partial charge in [0.15, 0.2) is 0 Å². The van der Waals surface area contributed by atoms with Crippen LogP contribution in [0.15, 0.2) is 42.0 Å². The summed E-state index contributed by atoms with van der Waals surface area (Å²) >= 11 is 1.69. The van der Waals surface area contributed by atoms with Crippen LogP contribution in [0.1, 0.15) is 40.7 Å². The number of benzene rings is 2. The molecule has 3 nitrogen and oxygen atoms in total. The van der Waals surface area contributed by atoms with E-state index in [1.807, 2.05) is 0 Å². The van der Waals surface area contributed by atoms with Gasteiger partial charge in [-0.25, -0.2) is 9.97 Å². The molecule has 2 aromatic carbocycles. The quantitative estimate of drug-likeness (QED) is 0.407. The number of nitrogens with one attached hydrogen (secondary N) is 1. The molecule has 1 N–H and O–H groups in total. The fraction of sp³-hybridized carbons (Fsp3) is 0.280. The van der Waals surface area contributed by atoms with Crippen molar-refractivity contribution in [3.8, 4) is 11.1 Å². The molecule has 2 heterocycles. The average Bonchev–Trinajstić information content (AvgIpc) is 3.15. The van der Waals surface area contributed by atoms with Crippen molar-refractivity contribution >= 4 is 33.1 Å². The van der Waals surface area contributed by atoms with E-state index in [0.29, 0.717) is 0 Å². The Bertz CT molecular complexity index is 1200. The molecule has 0 saturated carbocycles. The maximum Gasteiger partial charge on any atom is 0.143 e. The number of anilines is 2. The van der Waals surface area contributed by atoms with Crippen LogP contribution in [0.4, 0.5) is 11.5 Å². The molecule has 0 atom stereocenters. The van der Waals surface area contributed by atoms with Gasteiger partial charge in [-0.05, 0) is 74.3 Å². The van der Waals surface area contributed by atoms with Gasteiger partial charge in [-0.1, -0.05) is 35.9 Å². The van der Waals surface area contributed by atoms with Gasteiger partial charge < -0.3 is 5.32 Å². The van der Waals surface area contributed by atoms with Gasteiger partial charge >= 0.3 is 0 Å². The van der Waals surface area contributed by atoms with Gasteiger partial charge in [-0.2, -0.15) is 0 Å². The number of nitrogens with zero attached hydrogens (tertiary/aromatic N) is 2. The molecule has 1 aliphatic rings. The maximum absolute atomic E-state index is 4.64. The van der Waals surface area contributed by atoms with Crippen molar-refractivity contribution in [2.24, 2.45) is 0 Å². The van der Waals surface area contributed by atoms with Crippen molar-refractivity contribution < 1.29 is 0 Å². The molecule has 0 unspecified atom stereocenters. The molecule has 1 aliphatic carbocycles. The number of aromatic nitrogens is 2. The number of rotatable bonds is 3. The molecular weight excluding hydrogens is 374 g/mol. The second-order valence-electron chi connectivity index (χ2n) is 8.14. The highest BCUT2D eigenvalue weighted by Gasteiger charge is 2.17. The van der Waals surface area contributed by atoms with E-state index in [2.05, 4.69) is 71.8 Å². The molecule has 0 fully saturated rings. The van der Waals surface area contributed by atoms with Gasteiger partial charge in [0, 0.05) is 16.6 Å². The normalized spacial score (nSPS) is 13.5. The molecule has 0 amide bonds. The molecule has 0 aliphatic heterocycles. The number of aryl methyl sites for hydroxylation is 5. The first-order valence-corrected chi connectivity index (χ1v) is 11.2. The van der Waals surface area contributed by atoms with Crippen molar-refractivity contribution in [2.75, 3.05) is 5.32 Å². The number of thiophene rings is 1. The Balaban J connectivity index is 1.63. The molecule has 0 spiro atoms. The molecule has 0 saturated heterocycles. The molecule has 4 aromatic rings. The molecule has 29 heavy (non-hydrogen) atoms. The number of hydrogen-bond donors (Lipinski definition) is 1. The summed E-state index contributed by atoms with van der Waals surface area (Å²) in [5.74, 6) is 0.888. The topological polar surface area (TPSA) is 37.8 Å². The van der Waals surface area contributed by atoms with Crippen LogP contribution in [-0.2, 0) is 12.8 Å². The Kier molecular flexibility index (Phi) is 4.59. The third-order valence-electron chi connectivity index (χ3n) is 5.95. The Morgan fingerprint density at radius 2 is 1.66 bits per heavy atom. The van der Waals surface area contributed by atoms with Crippen LogP contribution in [0.3, 0.4) is 0 Å². The van der Waals surface area contributed by atoms with Crippen LogP contribution in [0, 0.1) is 20.8 Å². The zero-order valence-electron chi connectivity index (χ0n) is 17.2. The fourth-order valence-electron chi connectivity index (χ4n) is 4.58. The van der Waals surface area contributed by atoms with E-state index >= 15 is 0 Å². The molecule has 4 heteroatoms. The van der Waals surface area contributed by atoms with E-state index in [9.17, 15) is 0 Å². The zero-order valence-corrected chi connectivity index (χ0v) is 18.0. The fourth-order valence-corrected chi connectivity index (χ4v) is 5.49. The molecule has 0 bridgehead atoms. The van der Waals surface area contributed by atoms with Crippen molar-refractivity contribution in [1.29, 1.82) is 0 Å². The third kappa shape index (κ3) is 3.32. The molecule has 146 valence electrons. The van der Waals surface area contributed by atoms with E-state index in [0.717, 1.165) is 21.7 Å². The van der Waals surface area contributed by atoms with E-state index in [1.165, 1.54) is 64.6 Å². The zero-order chi connectivity index (χ0) is 20.0. The third-order valence-corrected chi connectivity index (χ3v) is 6.84. The lowest BCUT2D eigenvalue weighted by molar-refractivity contribution is 0.686. The maximum atomic E-state index is 4.64. The van der Waals surface area contributed by atoms with Crippen molar-refractivity contribution in [3.05, 3.63) is 69.9 Å². The second kappa shape index (κ2) is 7.27. The number of hydrogen-bond acceptors (Lipinski definition) is 4. The van der Waals surface area contributed by atoms with Gasteiger partial charge in [-0.3, -0.25) is 0 Å². The first kappa shape index (κ1) is 18.3. The highest BCUT2D eigenvalue weighted by Crippen LogP contribution is 2.39. The summed E-state index contributed by atoms with van der Waals surface area (Å²) in [6.07, 6.45) is 6.67. The van der Waals surface area contributed by atoms with Crippen molar-refractivity contribution in [1.82, 2.24) is 9.97 Å². The Morgan fingerprint density at radius 3 is 2.45 bits per heavy atom. The van der Waals surface area contributed by atoms with Crippen LogP contribution in [0.5, 0.6) is 0 Å². The summed E-state index contributed by atoms with van der Waals surface area (Å²) in [4.78, 5) is 10.2. The molecule has 2 aromatic heterocycles. The van der Waals surface area contributed by atoms with Crippen LogP contribution < -0.4 is 5.32 Å². The van der Waals surface area contributed by atoms with Crippen molar-refractivity contribution in [2.45, 2.75) is 46.5 Å². The highest BCUT2D eigenvalue weighted by atomic mass is 32.1. The first-order chi connectivity index (χ1) is 14.1. The van der Waals surface area contributed by atoms with Gasteiger partial charge in [-0.15, -0.1) is 11.3 Å². The number of fused-ring (bicyclic) bond motifs is 2. The van der Waals surface area contributed by atoms with E-state index in [-0.39, 0.29) is 0 Å². The first-order valence-electron chi connectivity index (χ1n) is 10.3. The smallest absolute Gasteiger partial charge is 0.143 e. The predicted octanol–water partition coefficient (Wildman–Crippen LogP) is 6.91. The summed E-state index contributed by atoms with van der Waals surface area (Å²) in [7, 11) is 0. The van der Waals surface area contributed by atoms with Crippen LogP contribution in [0.25, 0.3) is 21.3 Å². The minimum absolute atomic E-state index is 0.888. The van der Waals surface area contributed by atoms with E-state index in [4.69, 9.17) is 0 Å². The van der Waals surface area contributed by atoms with E-state index < -0.39 is 0 Å². The van der Waals surface area contributed by atoms with Gasteiger partial charge in [0.2, 0.25) is 0 Å². The van der Waals surface area contributed by atoms with Crippen LogP contribution in [-0.4, -0.2) is 9.97 Å². The Labute approximate surface area is 175 Å². The average molecular weight is 400 g/mol. The summed E-state index contributed by atoms with van der Waals surface area (Å²) in [6, 6.07) is 11.4. The standard InChI is InChI=1S/C25H25N3S/c1-15-10-16(2)23(17(3)11-15)28-24-22-21(13-29-25(22)27-14-26-24)20-9-8-18-6-4-5-7-19(18)12-20/h8-14H,4-7H2,1-3H3,(H,26,27,28). The lowest BCUT2D eigenvalue weighted by Crippen LogP contribution is -2.02. The van der Waals surface area contributed by atoms with Gasteiger partial charge in [0.05, 0.1) is 5.39 Å². The highest BCUT2D eigenvalue weighted by molar-refractivity contribution is 7.17. The van der Waals surface area contributed by atoms with Gasteiger partial charge in [0.25, 0.3) is 0 Å². The summed E-state index contributed by atoms with van der Waals surface area (Å²) in [6.45, 7) is 6.44. The minimum Gasteiger partial charge on any atom is -0.339 e. The Hall–Kier alpha value is -2.72. The summed E-state index contributed by atoms with van der Waals surface area (Å²) in [5.41, 5.74) is 10.4. The minimum atomic E-state index is 0.888. The molecule has 5 rings (SSSR count). The summed E-state index contributed by atoms with van der Waals surface area (Å²) < 4.78 is 0. The lowest BCUT2D eigenvalue weighted by Gasteiger charge is -2.17. The molecular formula is C25H25N3S. The van der Waals surface area contributed by atoms with E-state index in [1.54, 1.807) is 17.7 Å². The Morgan fingerprint density at radius 1 is 0.897 bits per heavy atom. The predicted molar refractivity (Wildman–Crippen MR) is 123 cm³/mol. The molecule has 0 radical (unpaired) electrons. The monoisotopic (exact) mass is 399 g/mol. The summed E-state index contributed by atoms with van der Waals surface area (Å²) in [5, 5.41) is 6.97. The van der Waals surface area contributed by atoms with Crippen LogP contribution >= 0.6 is 11.3 Å². The van der Waals surface area contributed by atoms with Crippen LogP contribution in [0.2, 0.25) is 0 Å². The largest absolute Gasteiger partial charge is 0.339 e. The van der Waals surface area contributed by atoms with Crippen molar-refractivity contribution in [3.63, 3.8) is 0 Å². The lowest BCUT2D eigenvalue weighted by atomic mass is 9.89.